The second-order valence-corrected chi connectivity index (χ2v) is 11.4. The molecule has 0 aliphatic carbocycles. The van der Waals surface area contributed by atoms with Gasteiger partial charge in [-0.25, -0.2) is 17.1 Å². The van der Waals surface area contributed by atoms with Crippen LogP contribution in [0.5, 0.6) is 0 Å². The van der Waals surface area contributed by atoms with Gasteiger partial charge in [-0.2, -0.15) is 0 Å². The Kier molecular flexibility index (Phi) is 4.66. The molecular weight excluding hydrogens is 503 g/mol. The van der Waals surface area contributed by atoms with Gasteiger partial charge in [-0.15, -0.1) is 0 Å². The van der Waals surface area contributed by atoms with Crippen LogP contribution in [0.4, 0.5) is 15.8 Å². The van der Waals surface area contributed by atoms with Crippen molar-refractivity contribution in [1.82, 2.24) is 0 Å². The Morgan fingerprint density at radius 2 is 1.61 bits per heavy atom. The van der Waals surface area contributed by atoms with E-state index in [-0.39, 0.29) is 21.8 Å². The molecule has 2 atom stereocenters. The number of carbonyl (C=O) groups excluding carboxylic acids is 1. The Labute approximate surface area is 218 Å². The number of fused-ring (bicyclic) bond motifs is 5. The molecule has 6 nitrogen and oxygen atoms in total. The van der Waals surface area contributed by atoms with E-state index >= 15 is 4.39 Å². The second kappa shape index (κ2) is 7.79. The average molecular weight is 525 g/mol. The third-order valence-corrected chi connectivity index (χ3v) is 9.30. The van der Waals surface area contributed by atoms with Crippen LogP contribution in [0.2, 0.25) is 0 Å². The van der Waals surface area contributed by atoms with Gasteiger partial charge >= 0.3 is 0 Å². The van der Waals surface area contributed by atoms with Gasteiger partial charge in [0.15, 0.2) is 5.54 Å². The fourth-order valence-corrected chi connectivity index (χ4v) is 7.70. The van der Waals surface area contributed by atoms with Crippen LogP contribution in [-0.2, 0) is 20.4 Å². The summed E-state index contributed by atoms with van der Waals surface area (Å²) in [6.45, 7) is 1.86. The molecule has 1 aromatic heterocycles. The minimum atomic E-state index is -4.41. The van der Waals surface area contributed by atoms with Crippen molar-refractivity contribution in [2.75, 3.05) is 9.62 Å². The van der Waals surface area contributed by atoms with Crippen LogP contribution in [0.3, 0.4) is 0 Å². The number of rotatable bonds is 3. The second-order valence-electron chi connectivity index (χ2n) is 9.62. The molecule has 1 amide bonds. The summed E-state index contributed by atoms with van der Waals surface area (Å²) in [5, 5.41) is 3.30. The van der Waals surface area contributed by atoms with E-state index < -0.39 is 33.2 Å². The van der Waals surface area contributed by atoms with Gasteiger partial charge in [0.25, 0.3) is 15.9 Å². The molecule has 0 radical (unpaired) electrons. The van der Waals surface area contributed by atoms with Gasteiger partial charge in [0.05, 0.1) is 10.8 Å². The number of amides is 1. The summed E-state index contributed by atoms with van der Waals surface area (Å²) in [5.41, 5.74) is 0.432. The smallest absolute Gasteiger partial charge is 0.265 e. The van der Waals surface area contributed by atoms with E-state index in [0.29, 0.717) is 22.3 Å². The molecule has 2 aliphatic heterocycles. The van der Waals surface area contributed by atoms with Gasteiger partial charge < -0.3 is 9.73 Å². The average Bonchev–Trinajstić information content (AvgIpc) is 3.52. The first-order chi connectivity index (χ1) is 18.3. The number of hydrogen-bond acceptors (Lipinski definition) is 4. The molecule has 4 aromatic carbocycles. The van der Waals surface area contributed by atoms with Crippen molar-refractivity contribution in [3.05, 3.63) is 125 Å². The van der Waals surface area contributed by atoms with Gasteiger partial charge in [-0.05, 0) is 48.9 Å². The van der Waals surface area contributed by atoms with E-state index in [1.54, 1.807) is 66.7 Å². The zero-order chi connectivity index (χ0) is 26.2. The molecule has 8 heteroatoms. The van der Waals surface area contributed by atoms with Crippen LogP contribution in [0, 0.1) is 12.7 Å². The van der Waals surface area contributed by atoms with Gasteiger partial charge in [-0.1, -0.05) is 66.2 Å². The highest BCUT2D eigenvalue weighted by molar-refractivity contribution is 7.93. The Hall–Kier alpha value is -4.43. The van der Waals surface area contributed by atoms with Crippen molar-refractivity contribution < 1.29 is 22.0 Å². The standard InChI is InChI=1S/C30H21FN2O4S/c1-18-14-16-20(17-15-18)38(35,36)33-27-21-10-5-6-13-24(21)37-28(27)25(19-8-3-2-4-9-19)30(33)26-22(31)11-7-12-23(26)32-29(30)34/h2-17,25H,1H3,(H,32,34). The maximum absolute atomic E-state index is 15.9. The van der Waals surface area contributed by atoms with Gasteiger partial charge in [0, 0.05) is 16.6 Å². The number of sulfonamides is 1. The Bertz CT molecular complexity index is 1870. The van der Waals surface area contributed by atoms with Crippen LogP contribution >= 0.6 is 0 Å². The Morgan fingerprint density at radius 1 is 0.895 bits per heavy atom. The van der Waals surface area contributed by atoms with E-state index in [1.807, 2.05) is 13.0 Å². The summed E-state index contributed by atoms with van der Waals surface area (Å²) < 4.78 is 52.6. The van der Waals surface area contributed by atoms with Crippen molar-refractivity contribution in [2.24, 2.45) is 0 Å². The molecule has 3 heterocycles. The first kappa shape index (κ1) is 22.7. The molecule has 5 aromatic rings. The number of furan rings is 1. The number of benzene rings is 4. The van der Waals surface area contributed by atoms with Gasteiger partial charge in [-0.3, -0.25) is 4.79 Å². The van der Waals surface area contributed by atoms with Crippen molar-refractivity contribution >= 4 is 38.3 Å². The van der Waals surface area contributed by atoms with Crippen LogP contribution < -0.4 is 9.62 Å². The van der Waals surface area contributed by atoms with Crippen LogP contribution in [0.25, 0.3) is 11.0 Å². The van der Waals surface area contributed by atoms with E-state index in [4.69, 9.17) is 4.42 Å². The summed E-state index contributed by atoms with van der Waals surface area (Å²) in [6, 6.07) is 26.9. The first-order valence-corrected chi connectivity index (χ1v) is 13.6. The Balaban J connectivity index is 1.66. The van der Waals surface area contributed by atoms with E-state index in [2.05, 4.69) is 5.32 Å². The van der Waals surface area contributed by atoms with Crippen LogP contribution in [0.15, 0.2) is 106 Å². The number of nitrogens with one attached hydrogen (secondary N) is 1. The molecule has 2 unspecified atom stereocenters. The normalized spacial score (nSPS) is 20.1. The zero-order valence-electron chi connectivity index (χ0n) is 20.2. The van der Waals surface area contributed by atoms with Gasteiger partial charge in [0.1, 0.15) is 22.8 Å². The molecule has 0 saturated heterocycles. The number of para-hydroxylation sites is 1. The molecule has 0 fully saturated rings. The quantitative estimate of drug-likeness (QED) is 0.311. The largest absolute Gasteiger partial charge is 0.458 e. The lowest BCUT2D eigenvalue weighted by atomic mass is 9.76. The van der Waals surface area contributed by atoms with E-state index in [9.17, 15) is 13.2 Å². The molecule has 0 bridgehead atoms. The topological polar surface area (TPSA) is 79.6 Å². The lowest BCUT2D eigenvalue weighted by Crippen LogP contribution is -2.54. The van der Waals surface area contributed by atoms with E-state index in [0.717, 1.165) is 9.87 Å². The van der Waals surface area contributed by atoms with Crippen molar-refractivity contribution in [3.63, 3.8) is 0 Å². The monoisotopic (exact) mass is 524 g/mol. The summed E-state index contributed by atoms with van der Waals surface area (Å²) in [5.74, 6) is -1.98. The third kappa shape index (κ3) is 2.80. The number of carbonyl (C=O) groups is 1. The molecule has 1 N–H and O–H groups in total. The summed E-state index contributed by atoms with van der Waals surface area (Å²) >= 11 is 0. The Morgan fingerprint density at radius 3 is 2.37 bits per heavy atom. The minimum Gasteiger partial charge on any atom is -0.458 e. The van der Waals surface area contributed by atoms with Crippen LogP contribution in [-0.4, -0.2) is 14.3 Å². The number of nitrogens with zero attached hydrogens (tertiary/aromatic N) is 1. The zero-order valence-corrected chi connectivity index (χ0v) is 21.0. The molecule has 38 heavy (non-hydrogen) atoms. The molecule has 7 rings (SSSR count). The molecule has 1 spiro atoms. The maximum Gasteiger partial charge on any atom is 0.265 e. The van der Waals surface area contributed by atoms with Crippen molar-refractivity contribution in [1.29, 1.82) is 0 Å². The fraction of sp³-hybridized carbons (Fsp3) is 0.100. The number of hydrogen-bond donors (Lipinski definition) is 1. The summed E-state index contributed by atoms with van der Waals surface area (Å²) in [7, 11) is -4.41. The summed E-state index contributed by atoms with van der Waals surface area (Å²) in [4.78, 5) is 14.2. The van der Waals surface area contributed by atoms with Gasteiger partial charge in [0.2, 0.25) is 0 Å². The molecule has 188 valence electrons. The third-order valence-electron chi connectivity index (χ3n) is 7.48. The van der Waals surface area contributed by atoms with Crippen molar-refractivity contribution in [2.45, 2.75) is 23.3 Å². The maximum atomic E-state index is 15.9. The van der Waals surface area contributed by atoms with E-state index in [1.165, 1.54) is 24.3 Å². The lowest BCUT2D eigenvalue weighted by molar-refractivity contribution is -0.120. The molecule has 2 aliphatic rings. The first-order valence-electron chi connectivity index (χ1n) is 12.1. The number of halogens is 1. The number of aryl methyl sites for hydroxylation is 1. The fourth-order valence-electron chi connectivity index (χ4n) is 5.92. The predicted molar refractivity (Wildman–Crippen MR) is 142 cm³/mol. The highest BCUT2D eigenvalue weighted by atomic mass is 32.2. The summed E-state index contributed by atoms with van der Waals surface area (Å²) in [6.07, 6.45) is 0. The SMILES string of the molecule is Cc1ccc(S(=O)(=O)N2c3c(oc4ccccc34)C(c3ccccc3)C23C(=O)Nc2cccc(F)c23)cc1. The predicted octanol–water partition coefficient (Wildman–Crippen LogP) is 6.07. The number of anilines is 2. The molecule has 0 saturated carbocycles. The highest BCUT2D eigenvalue weighted by Crippen LogP contribution is 2.64. The van der Waals surface area contributed by atoms with Crippen LogP contribution in [0.1, 0.15) is 28.4 Å². The minimum absolute atomic E-state index is 0.00925. The lowest BCUT2D eigenvalue weighted by Gasteiger charge is -2.38. The molecular formula is C30H21FN2O4S. The van der Waals surface area contributed by atoms with Crippen molar-refractivity contribution in [3.8, 4) is 0 Å². The highest BCUT2D eigenvalue weighted by Gasteiger charge is 2.68.